The summed E-state index contributed by atoms with van der Waals surface area (Å²) in [6.45, 7) is 9.65. The van der Waals surface area contributed by atoms with Gasteiger partial charge in [0.25, 0.3) is 0 Å². The number of furan rings is 1. The van der Waals surface area contributed by atoms with Gasteiger partial charge >= 0.3 is 0 Å². The van der Waals surface area contributed by atoms with E-state index in [-0.39, 0.29) is 11.5 Å². The molecule has 1 unspecified atom stereocenters. The van der Waals surface area contributed by atoms with E-state index in [0.717, 1.165) is 28.6 Å². The van der Waals surface area contributed by atoms with Crippen LogP contribution in [0.1, 0.15) is 45.9 Å². The second-order valence-corrected chi connectivity index (χ2v) is 7.94. The Hall–Kier alpha value is -0.220. The lowest BCUT2D eigenvalue weighted by Gasteiger charge is -2.30. The van der Waals surface area contributed by atoms with Crippen LogP contribution in [-0.2, 0) is 0 Å². The molecule has 0 bridgehead atoms. The van der Waals surface area contributed by atoms with E-state index in [4.69, 9.17) is 27.6 Å². The number of fused-ring (bicyclic) bond motifs is 1. The lowest BCUT2D eigenvalue weighted by Crippen LogP contribution is -2.32. The van der Waals surface area contributed by atoms with Gasteiger partial charge in [-0.1, -0.05) is 50.9 Å². The van der Waals surface area contributed by atoms with Crippen LogP contribution in [0.15, 0.2) is 21.0 Å². The smallest absolute Gasteiger partial charge is 0.154 e. The molecule has 0 amide bonds. The highest BCUT2D eigenvalue weighted by atomic mass is 79.9. The Labute approximate surface area is 144 Å². The highest BCUT2D eigenvalue weighted by Crippen LogP contribution is 2.42. The van der Waals surface area contributed by atoms with E-state index in [1.807, 2.05) is 6.07 Å². The van der Waals surface area contributed by atoms with Gasteiger partial charge in [-0.25, -0.2) is 0 Å². The van der Waals surface area contributed by atoms with Gasteiger partial charge in [0, 0.05) is 9.86 Å². The van der Waals surface area contributed by atoms with Crippen LogP contribution in [0.4, 0.5) is 0 Å². The minimum Gasteiger partial charge on any atom is -0.458 e. The first-order chi connectivity index (χ1) is 9.75. The number of rotatable bonds is 4. The third kappa shape index (κ3) is 3.58. The van der Waals surface area contributed by atoms with Gasteiger partial charge in [-0.2, -0.15) is 0 Å². The first kappa shape index (κ1) is 17.1. The summed E-state index contributed by atoms with van der Waals surface area (Å²) in [4.78, 5) is 0. The molecule has 0 aliphatic carbocycles. The molecule has 116 valence electrons. The molecular formula is C16H20BrCl2NO. The zero-order valence-corrected chi connectivity index (χ0v) is 15.8. The van der Waals surface area contributed by atoms with E-state index in [9.17, 15) is 0 Å². The second-order valence-electron chi connectivity index (χ2n) is 6.30. The summed E-state index contributed by atoms with van der Waals surface area (Å²) in [6, 6.07) is 3.87. The number of hydrogen-bond acceptors (Lipinski definition) is 2. The summed E-state index contributed by atoms with van der Waals surface area (Å²) in [6.07, 6.45) is 1.07. The van der Waals surface area contributed by atoms with Crippen LogP contribution in [0.2, 0.25) is 10.0 Å². The van der Waals surface area contributed by atoms with Gasteiger partial charge in [0.15, 0.2) is 5.58 Å². The van der Waals surface area contributed by atoms with Gasteiger partial charge in [0.1, 0.15) is 5.76 Å². The molecule has 0 aliphatic heterocycles. The summed E-state index contributed by atoms with van der Waals surface area (Å²) >= 11 is 16.0. The van der Waals surface area contributed by atoms with Crippen LogP contribution in [0.5, 0.6) is 0 Å². The fraction of sp³-hybridized carbons (Fsp3) is 0.500. The molecule has 2 nitrogen and oxygen atoms in total. The minimum atomic E-state index is 0.0270. The molecule has 2 aromatic rings. The van der Waals surface area contributed by atoms with Gasteiger partial charge < -0.3 is 9.73 Å². The highest BCUT2D eigenvalue weighted by molar-refractivity contribution is 9.10. The van der Waals surface area contributed by atoms with E-state index < -0.39 is 0 Å². The molecule has 0 fully saturated rings. The van der Waals surface area contributed by atoms with E-state index >= 15 is 0 Å². The minimum absolute atomic E-state index is 0.0270. The number of benzene rings is 1. The molecule has 0 saturated heterocycles. The zero-order chi connectivity index (χ0) is 15.8. The van der Waals surface area contributed by atoms with Crippen LogP contribution in [0, 0.1) is 5.41 Å². The average molecular weight is 393 g/mol. The van der Waals surface area contributed by atoms with Crippen molar-refractivity contribution in [3.05, 3.63) is 32.4 Å². The molecular weight excluding hydrogens is 373 g/mol. The largest absolute Gasteiger partial charge is 0.458 e. The van der Waals surface area contributed by atoms with E-state index in [1.54, 1.807) is 6.07 Å². The van der Waals surface area contributed by atoms with Gasteiger partial charge in [0.2, 0.25) is 0 Å². The fourth-order valence-corrected chi connectivity index (χ4v) is 3.40. The van der Waals surface area contributed by atoms with Crippen LogP contribution < -0.4 is 5.32 Å². The number of nitrogens with one attached hydrogen (secondary N) is 1. The summed E-state index contributed by atoms with van der Waals surface area (Å²) in [5.41, 5.74) is 0.673. The SMILES string of the molecule is CCCNC(c1cc2c(Cl)c(Br)cc(Cl)c2o1)C(C)(C)C. The molecule has 0 saturated carbocycles. The Morgan fingerprint density at radius 2 is 1.95 bits per heavy atom. The van der Waals surface area contributed by atoms with Crippen LogP contribution in [0.3, 0.4) is 0 Å². The third-order valence-electron chi connectivity index (χ3n) is 3.42. The van der Waals surface area contributed by atoms with Gasteiger partial charge in [0.05, 0.1) is 16.1 Å². The average Bonchev–Trinajstić information content (AvgIpc) is 2.80. The van der Waals surface area contributed by atoms with Crippen LogP contribution in [0.25, 0.3) is 11.0 Å². The van der Waals surface area contributed by atoms with Crippen LogP contribution >= 0.6 is 39.1 Å². The third-order valence-corrected chi connectivity index (χ3v) is 4.96. The molecule has 5 heteroatoms. The van der Waals surface area contributed by atoms with Crippen molar-refractivity contribution in [2.24, 2.45) is 5.41 Å². The first-order valence-corrected chi connectivity index (χ1v) is 8.61. The molecule has 21 heavy (non-hydrogen) atoms. The Morgan fingerprint density at radius 1 is 1.29 bits per heavy atom. The van der Waals surface area contributed by atoms with Crippen molar-refractivity contribution in [1.29, 1.82) is 0 Å². The summed E-state index contributed by atoms with van der Waals surface area (Å²) < 4.78 is 6.80. The Bertz CT molecular complexity index is 646. The van der Waals surface area contributed by atoms with Crippen molar-refractivity contribution in [2.75, 3.05) is 6.54 Å². The monoisotopic (exact) mass is 391 g/mol. The van der Waals surface area contributed by atoms with Crippen molar-refractivity contribution in [3.63, 3.8) is 0 Å². The molecule has 1 aromatic heterocycles. The molecule has 2 rings (SSSR count). The maximum absolute atomic E-state index is 6.35. The summed E-state index contributed by atoms with van der Waals surface area (Å²) in [7, 11) is 0. The standard InChI is InChI=1S/C16H20BrCl2NO/c1-5-6-20-15(16(2,3)4)12-7-9-13(19)10(17)8-11(18)14(9)21-12/h7-8,15,20H,5-6H2,1-4H3. The van der Waals surface area contributed by atoms with Gasteiger partial charge in [-0.15, -0.1) is 0 Å². The van der Waals surface area contributed by atoms with E-state index in [0.29, 0.717) is 15.6 Å². The number of hydrogen-bond donors (Lipinski definition) is 1. The topological polar surface area (TPSA) is 25.2 Å². The van der Waals surface area contributed by atoms with Gasteiger partial charge in [-0.05, 0) is 46.4 Å². The Morgan fingerprint density at radius 3 is 2.52 bits per heavy atom. The summed E-state index contributed by atoms with van der Waals surface area (Å²) in [5.74, 6) is 0.868. The Kier molecular flexibility index (Phi) is 5.30. The van der Waals surface area contributed by atoms with E-state index in [2.05, 4.69) is 48.9 Å². The molecule has 0 radical (unpaired) electrons. The van der Waals surface area contributed by atoms with Crippen molar-refractivity contribution in [3.8, 4) is 0 Å². The quantitative estimate of drug-likeness (QED) is 0.593. The molecule has 0 aliphatic rings. The molecule has 1 aromatic carbocycles. The zero-order valence-electron chi connectivity index (χ0n) is 12.7. The molecule has 1 N–H and O–H groups in total. The van der Waals surface area contributed by atoms with Crippen molar-refractivity contribution in [1.82, 2.24) is 5.32 Å². The summed E-state index contributed by atoms with van der Waals surface area (Å²) in [5, 5.41) is 5.59. The molecule has 1 heterocycles. The van der Waals surface area contributed by atoms with Crippen molar-refractivity contribution >= 4 is 50.1 Å². The van der Waals surface area contributed by atoms with Crippen molar-refractivity contribution < 1.29 is 4.42 Å². The lowest BCUT2D eigenvalue weighted by molar-refractivity contribution is 0.242. The second kappa shape index (κ2) is 6.49. The fourth-order valence-electron chi connectivity index (χ4n) is 2.38. The van der Waals surface area contributed by atoms with Crippen molar-refractivity contribution in [2.45, 2.75) is 40.2 Å². The lowest BCUT2D eigenvalue weighted by atomic mass is 9.85. The maximum Gasteiger partial charge on any atom is 0.154 e. The van der Waals surface area contributed by atoms with E-state index in [1.165, 1.54) is 0 Å². The molecule has 0 spiro atoms. The highest BCUT2D eigenvalue weighted by Gasteiger charge is 2.29. The predicted octanol–water partition coefficient (Wildman–Crippen LogP) is 6.59. The first-order valence-electron chi connectivity index (χ1n) is 7.06. The maximum atomic E-state index is 6.35. The van der Waals surface area contributed by atoms with Gasteiger partial charge in [-0.3, -0.25) is 0 Å². The number of halogens is 3. The Balaban J connectivity index is 2.54. The molecule has 1 atom stereocenters. The predicted molar refractivity (Wildman–Crippen MR) is 94.4 cm³/mol. The van der Waals surface area contributed by atoms with Crippen LogP contribution in [-0.4, -0.2) is 6.54 Å². The normalized spacial score (nSPS) is 13.9.